The highest BCUT2D eigenvalue weighted by atomic mass is 16.5. The van der Waals surface area contributed by atoms with E-state index in [2.05, 4.69) is 43.4 Å². The number of hydrogen-bond donors (Lipinski definition) is 1. The zero-order valence-corrected chi connectivity index (χ0v) is 16.5. The monoisotopic (exact) mass is 355 g/mol. The highest BCUT2D eigenvalue weighted by molar-refractivity contribution is 5.83. The molecule has 0 saturated heterocycles. The van der Waals surface area contributed by atoms with Gasteiger partial charge in [0.05, 0.1) is 18.1 Å². The summed E-state index contributed by atoms with van der Waals surface area (Å²) < 4.78 is 5.30. The number of benzene rings is 1. The standard InChI is InChI=1S/C23H33NO2/c1-4-20(14-26-3)24-21(25)23-12-17-9-18(13-23)11-22(10-17,15-23)19-7-5-16(2)6-8-19/h5-8,17-18,20H,4,9-15H2,1-3H3,(H,24,25). The molecule has 4 saturated carbocycles. The number of carbonyl (C=O) groups is 1. The van der Waals surface area contributed by atoms with Crippen LogP contribution in [-0.4, -0.2) is 25.7 Å². The lowest BCUT2D eigenvalue weighted by atomic mass is 9.42. The lowest BCUT2D eigenvalue weighted by Crippen LogP contribution is -2.60. The van der Waals surface area contributed by atoms with E-state index >= 15 is 0 Å². The highest BCUT2D eigenvalue weighted by Gasteiger charge is 2.60. The minimum absolute atomic E-state index is 0.135. The maximum atomic E-state index is 13.4. The quantitative estimate of drug-likeness (QED) is 0.823. The molecule has 3 nitrogen and oxygen atoms in total. The van der Waals surface area contributed by atoms with Gasteiger partial charge in [0.15, 0.2) is 0 Å². The molecule has 1 amide bonds. The number of carbonyl (C=O) groups excluding carboxylic acids is 1. The van der Waals surface area contributed by atoms with Crippen LogP contribution in [0.15, 0.2) is 24.3 Å². The van der Waals surface area contributed by atoms with E-state index in [0.29, 0.717) is 24.3 Å². The molecule has 4 aliphatic rings. The normalized spacial score (nSPS) is 36.1. The molecule has 5 rings (SSSR count). The first-order chi connectivity index (χ1) is 12.5. The van der Waals surface area contributed by atoms with Crippen molar-refractivity contribution in [3.05, 3.63) is 35.4 Å². The van der Waals surface area contributed by atoms with Gasteiger partial charge >= 0.3 is 0 Å². The molecule has 142 valence electrons. The molecule has 3 atom stereocenters. The lowest BCUT2D eigenvalue weighted by molar-refractivity contribution is -0.150. The number of hydrogen-bond acceptors (Lipinski definition) is 2. The van der Waals surface area contributed by atoms with Gasteiger partial charge in [0.2, 0.25) is 5.91 Å². The first-order valence-electron chi connectivity index (χ1n) is 10.4. The summed E-state index contributed by atoms with van der Waals surface area (Å²) in [4.78, 5) is 13.4. The van der Waals surface area contributed by atoms with E-state index in [1.807, 2.05) is 0 Å². The first-order valence-corrected chi connectivity index (χ1v) is 10.4. The van der Waals surface area contributed by atoms with E-state index in [0.717, 1.165) is 25.7 Å². The number of nitrogens with one attached hydrogen (secondary N) is 1. The molecule has 3 heteroatoms. The van der Waals surface area contributed by atoms with Crippen LogP contribution in [0.5, 0.6) is 0 Å². The molecule has 4 fully saturated rings. The van der Waals surface area contributed by atoms with Crippen LogP contribution in [-0.2, 0) is 14.9 Å². The van der Waals surface area contributed by atoms with Gasteiger partial charge in [-0.05, 0) is 74.7 Å². The van der Waals surface area contributed by atoms with Crippen LogP contribution < -0.4 is 5.32 Å². The Bertz CT molecular complexity index is 651. The van der Waals surface area contributed by atoms with Crippen molar-refractivity contribution >= 4 is 5.91 Å². The molecule has 0 aromatic heterocycles. The summed E-state index contributed by atoms with van der Waals surface area (Å²) in [5, 5.41) is 3.34. The van der Waals surface area contributed by atoms with E-state index in [-0.39, 0.29) is 16.9 Å². The summed E-state index contributed by atoms with van der Waals surface area (Å²) in [7, 11) is 1.71. The fourth-order valence-electron chi connectivity index (χ4n) is 6.57. The van der Waals surface area contributed by atoms with Crippen LogP contribution in [0.3, 0.4) is 0 Å². The average Bonchev–Trinajstić information content (AvgIpc) is 2.60. The molecular formula is C23H33NO2. The first kappa shape index (κ1) is 18.0. The molecule has 4 aliphatic carbocycles. The van der Waals surface area contributed by atoms with Gasteiger partial charge in [-0.15, -0.1) is 0 Å². The molecule has 0 heterocycles. The van der Waals surface area contributed by atoms with Gasteiger partial charge in [-0.1, -0.05) is 36.8 Å². The minimum Gasteiger partial charge on any atom is -0.383 e. The van der Waals surface area contributed by atoms with Crippen molar-refractivity contribution in [2.75, 3.05) is 13.7 Å². The summed E-state index contributed by atoms with van der Waals surface area (Å²) in [6.07, 6.45) is 8.02. The molecular weight excluding hydrogens is 322 g/mol. The van der Waals surface area contributed by atoms with Crippen LogP contribution in [0.4, 0.5) is 0 Å². The Hall–Kier alpha value is -1.35. The van der Waals surface area contributed by atoms with E-state index in [1.54, 1.807) is 7.11 Å². The Morgan fingerprint density at radius 2 is 1.85 bits per heavy atom. The fourth-order valence-corrected chi connectivity index (χ4v) is 6.57. The van der Waals surface area contributed by atoms with Crippen LogP contribution in [0.1, 0.15) is 63.0 Å². The maximum absolute atomic E-state index is 13.4. The third kappa shape index (κ3) is 2.98. The molecule has 4 bridgehead atoms. The van der Waals surface area contributed by atoms with Crippen LogP contribution in [0, 0.1) is 24.2 Å². The summed E-state index contributed by atoms with van der Waals surface area (Å²) in [5.74, 6) is 1.73. The number of rotatable bonds is 6. The highest BCUT2D eigenvalue weighted by Crippen LogP contribution is 2.65. The predicted molar refractivity (Wildman–Crippen MR) is 104 cm³/mol. The number of aryl methyl sites for hydroxylation is 1. The van der Waals surface area contributed by atoms with Gasteiger partial charge in [-0.3, -0.25) is 4.79 Å². The van der Waals surface area contributed by atoms with Crippen LogP contribution in [0.25, 0.3) is 0 Å². The average molecular weight is 356 g/mol. The van der Waals surface area contributed by atoms with Crippen molar-refractivity contribution in [2.45, 2.75) is 70.3 Å². The second kappa shape index (κ2) is 6.67. The molecule has 0 spiro atoms. The second-order valence-electron chi connectivity index (χ2n) is 9.42. The zero-order valence-electron chi connectivity index (χ0n) is 16.5. The smallest absolute Gasteiger partial charge is 0.226 e. The summed E-state index contributed by atoms with van der Waals surface area (Å²) in [5.41, 5.74) is 2.85. The minimum atomic E-state index is -0.157. The van der Waals surface area contributed by atoms with Crippen molar-refractivity contribution in [3.8, 4) is 0 Å². The van der Waals surface area contributed by atoms with Crippen molar-refractivity contribution in [1.29, 1.82) is 0 Å². The van der Waals surface area contributed by atoms with Crippen LogP contribution in [0.2, 0.25) is 0 Å². The maximum Gasteiger partial charge on any atom is 0.226 e. The van der Waals surface area contributed by atoms with E-state index in [1.165, 1.54) is 30.4 Å². The van der Waals surface area contributed by atoms with Crippen molar-refractivity contribution in [1.82, 2.24) is 5.32 Å². The third-order valence-electron chi connectivity index (χ3n) is 7.40. The van der Waals surface area contributed by atoms with Gasteiger partial charge in [0.25, 0.3) is 0 Å². The van der Waals surface area contributed by atoms with E-state index < -0.39 is 0 Å². The summed E-state index contributed by atoms with van der Waals surface area (Å²) in [6.45, 7) is 4.88. The topological polar surface area (TPSA) is 38.3 Å². The number of amides is 1. The zero-order chi connectivity index (χ0) is 18.4. The van der Waals surface area contributed by atoms with E-state index in [4.69, 9.17) is 4.74 Å². The molecule has 3 unspecified atom stereocenters. The number of methoxy groups -OCH3 is 1. The van der Waals surface area contributed by atoms with Gasteiger partial charge in [-0.25, -0.2) is 0 Å². The molecule has 26 heavy (non-hydrogen) atoms. The lowest BCUT2D eigenvalue weighted by Gasteiger charge is -2.61. The van der Waals surface area contributed by atoms with E-state index in [9.17, 15) is 4.79 Å². The summed E-state index contributed by atoms with van der Waals surface area (Å²) >= 11 is 0. The van der Waals surface area contributed by atoms with Gasteiger partial charge < -0.3 is 10.1 Å². The third-order valence-corrected chi connectivity index (χ3v) is 7.40. The Morgan fingerprint density at radius 3 is 2.42 bits per heavy atom. The Morgan fingerprint density at radius 1 is 1.19 bits per heavy atom. The van der Waals surface area contributed by atoms with Crippen LogP contribution >= 0.6 is 0 Å². The molecule has 1 aromatic carbocycles. The van der Waals surface area contributed by atoms with Crippen molar-refractivity contribution in [3.63, 3.8) is 0 Å². The Labute approximate surface area is 157 Å². The van der Waals surface area contributed by atoms with Crippen molar-refractivity contribution < 1.29 is 9.53 Å². The molecule has 1 N–H and O–H groups in total. The van der Waals surface area contributed by atoms with Gasteiger partial charge in [-0.2, -0.15) is 0 Å². The number of ether oxygens (including phenoxy) is 1. The molecule has 1 aromatic rings. The SMILES string of the molecule is CCC(COC)NC(=O)C12CC3CC(C1)CC(c1ccc(C)cc1)(C3)C2. The largest absolute Gasteiger partial charge is 0.383 e. The predicted octanol–water partition coefficient (Wildman–Crippen LogP) is 4.37. The Balaban J connectivity index is 1.61. The Kier molecular flexibility index (Phi) is 4.63. The van der Waals surface area contributed by atoms with Gasteiger partial charge in [0.1, 0.15) is 0 Å². The molecule has 0 aliphatic heterocycles. The van der Waals surface area contributed by atoms with Gasteiger partial charge in [0, 0.05) is 7.11 Å². The molecule has 0 radical (unpaired) electrons. The van der Waals surface area contributed by atoms with Crippen molar-refractivity contribution in [2.24, 2.45) is 17.3 Å². The second-order valence-corrected chi connectivity index (χ2v) is 9.42. The summed E-state index contributed by atoms with van der Waals surface area (Å²) in [6, 6.07) is 9.27. The fraction of sp³-hybridized carbons (Fsp3) is 0.696.